The van der Waals surface area contributed by atoms with Gasteiger partial charge in [0.25, 0.3) is 5.22 Å². The van der Waals surface area contributed by atoms with Crippen LogP contribution in [0.1, 0.15) is 13.8 Å². The van der Waals surface area contributed by atoms with Gasteiger partial charge in [0.1, 0.15) is 5.52 Å². The molecule has 4 heteroatoms. The molecule has 1 atom stereocenters. The second-order valence-corrected chi connectivity index (χ2v) is 6.04. The molecule has 0 radical (unpaired) electrons. The molecule has 0 N–H and O–H groups in total. The average molecular weight is 314 g/mol. The first-order valence-corrected chi connectivity index (χ1v) is 7.85. The van der Waals surface area contributed by atoms with E-state index in [2.05, 4.69) is 34.8 Å². The molecule has 0 saturated heterocycles. The summed E-state index contributed by atoms with van der Waals surface area (Å²) < 4.78 is 5.68. The fourth-order valence-electron chi connectivity index (χ4n) is 1.51. The third kappa shape index (κ3) is 3.26. The molecule has 1 aromatic carbocycles. The SMILES string of the molecule is CC(C)C(CBr)CSc1nc2ccccc2o1. The van der Waals surface area contributed by atoms with Crippen molar-refractivity contribution >= 4 is 38.8 Å². The lowest BCUT2D eigenvalue weighted by molar-refractivity contribution is 0.465. The molecule has 0 saturated carbocycles. The first kappa shape index (κ1) is 13.0. The van der Waals surface area contributed by atoms with Gasteiger partial charge < -0.3 is 4.42 Å². The van der Waals surface area contributed by atoms with Crippen LogP contribution in [0, 0.1) is 11.8 Å². The molecular weight excluding hydrogens is 298 g/mol. The molecule has 0 amide bonds. The lowest BCUT2D eigenvalue weighted by Crippen LogP contribution is -2.12. The summed E-state index contributed by atoms with van der Waals surface area (Å²) in [4.78, 5) is 4.46. The number of para-hydroxylation sites is 2. The second-order valence-electron chi connectivity index (χ2n) is 4.42. The molecule has 2 aromatic rings. The minimum absolute atomic E-state index is 0.648. The molecule has 2 rings (SSSR count). The van der Waals surface area contributed by atoms with Gasteiger partial charge in [0.05, 0.1) is 0 Å². The molecule has 92 valence electrons. The lowest BCUT2D eigenvalue weighted by Gasteiger charge is -2.16. The van der Waals surface area contributed by atoms with Gasteiger partial charge in [0.2, 0.25) is 0 Å². The monoisotopic (exact) mass is 313 g/mol. The topological polar surface area (TPSA) is 26.0 Å². The molecule has 0 aliphatic heterocycles. The lowest BCUT2D eigenvalue weighted by atomic mass is 10.0. The smallest absolute Gasteiger partial charge is 0.256 e. The Balaban J connectivity index is 2.03. The molecule has 0 spiro atoms. The van der Waals surface area contributed by atoms with Crippen molar-refractivity contribution in [2.45, 2.75) is 19.1 Å². The molecule has 1 heterocycles. The van der Waals surface area contributed by atoms with Crippen LogP contribution < -0.4 is 0 Å². The van der Waals surface area contributed by atoms with Crippen molar-refractivity contribution in [1.29, 1.82) is 0 Å². The standard InChI is InChI=1S/C13H16BrNOS/c1-9(2)10(7-14)8-17-13-15-11-5-3-4-6-12(11)16-13/h3-6,9-10H,7-8H2,1-2H3. The summed E-state index contributed by atoms with van der Waals surface area (Å²) in [5.74, 6) is 2.36. The van der Waals surface area contributed by atoms with Crippen LogP contribution in [0.2, 0.25) is 0 Å². The van der Waals surface area contributed by atoms with Crippen LogP contribution >= 0.6 is 27.7 Å². The quantitative estimate of drug-likeness (QED) is 0.596. The van der Waals surface area contributed by atoms with Crippen molar-refractivity contribution in [3.63, 3.8) is 0 Å². The minimum Gasteiger partial charge on any atom is -0.431 e. The van der Waals surface area contributed by atoms with E-state index in [1.54, 1.807) is 11.8 Å². The first-order valence-electron chi connectivity index (χ1n) is 5.75. The van der Waals surface area contributed by atoms with Gasteiger partial charge >= 0.3 is 0 Å². The number of hydrogen-bond donors (Lipinski definition) is 0. The zero-order chi connectivity index (χ0) is 12.3. The molecule has 0 aliphatic rings. The summed E-state index contributed by atoms with van der Waals surface area (Å²) >= 11 is 5.26. The molecule has 0 bridgehead atoms. The van der Waals surface area contributed by atoms with Crippen LogP contribution in [0.3, 0.4) is 0 Å². The molecule has 2 nitrogen and oxygen atoms in total. The Kier molecular flexibility index (Phi) is 4.51. The number of halogens is 1. The van der Waals surface area contributed by atoms with Crippen LogP contribution in [0.4, 0.5) is 0 Å². The second kappa shape index (κ2) is 5.91. The first-order chi connectivity index (χ1) is 8.20. The van der Waals surface area contributed by atoms with E-state index < -0.39 is 0 Å². The number of rotatable bonds is 5. The van der Waals surface area contributed by atoms with Gasteiger partial charge in [0, 0.05) is 11.1 Å². The number of fused-ring (bicyclic) bond motifs is 1. The van der Waals surface area contributed by atoms with Crippen molar-refractivity contribution < 1.29 is 4.42 Å². The number of oxazole rings is 1. The number of hydrogen-bond acceptors (Lipinski definition) is 3. The molecule has 17 heavy (non-hydrogen) atoms. The highest BCUT2D eigenvalue weighted by Gasteiger charge is 2.14. The van der Waals surface area contributed by atoms with E-state index in [0.717, 1.165) is 27.4 Å². The Labute approximate surface area is 114 Å². The Bertz CT molecular complexity index is 450. The van der Waals surface area contributed by atoms with E-state index >= 15 is 0 Å². The molecule has 0 fully saturated rings. The summed E-state index contributed by atoms with van der Waals surface area (Å²) in [5.41, 5.74) is 1.81. The van der Waals surface area contributed by atoms with Crippen molar-refractivity contribution in [2.75, 3.05) is 11.1 Å². The highest BCUT2D eigenvalue weighted by Crippen LogP contribution is 2.27. The largest absolute Gasteiger partial charge is 0.431 e. The van der Waals surface area contributed by atoms with Crippen LogP contribution in [0.5, 0.6) is 0 Å². The normalized spacial score (nSPS) is 13.4. The van der Waals surface area contributed by atoms with E-state index in [0.29, 0.717) is 11.8 Å². The van der Waals surface area contributed by atoms with E-state index in [4.69, 9.17) is 4.42 Å². The molecular formula is C13H16BrNOS. The van der Waals surface area contributed by atoms with Crippen molar-refractivity contribution in [2.24, 2.45) is 11.8 Å². The summed E-state index contributed by atoms with van der Waals surface area (Å²) in [7, 11) is 0. The van der Waals surface area contributed by atoms with Gasteiger partial charge in [-0.1, -0.05) is 53.7 Å². The van der Waals surface area contributed by atoms with Crippen molar-refractivity contribution in [3.8, 4) is 0 Å². The maximum absolute atomic E-state index is 5.68. The van der Waals surface area contributed by atoms with Gasteiger partial charge in [-0.2, -0.15) is 0 Å². The zero-order valence-electron chi connectivity index (χ0n) is 10.0. The van der Waals surface area contributed by atoms with Crippen LogP contribution in [-0.4, -0.2) is 16.1 Å². The number of nitrogens with zero attached hydrogens (tertiary/aromatic N) is 1. The fraction of sp³-hybridized carbons (Fsp3) is 0.462. The van der Waals surface area contributed by atoms with Gasteiger partial charge in [-0.05, 0) is 24.0 Å². The van der Waals surface area contributed by atoms with Crippen LogP contribution in [-0.2, 0) is 0 Å². The van der Waals surface area contributed by atoms with Crippen LogP contribution in [0.25, 0.3) is 11.1 Å². The van der Waals surface area contributed by atoms with E-state index in [-0.39, 0.29) is 0 Å². The van der Waals surface area contributed by atoms with Crippen molar-refractivity contribution in [1.82, 2.24) is 4.98 Å². The van der Waals surface area contributed by atoms with Gasteiger partial charge in [-0.15, -0.1) is 0 Å². The van der Waals surface area contributed by atoms with Gasteiger partial charge in [0.15, 0.2) is 5.58 Å². The van der Waals surface area contributed by atoms with E-state index in [1.807, 2.05) is 24.3 Å². The van der Waals surface area contributed by atoms with Gasteiger partial charge in [-0.3, -0.25) is 0 Å². The predicted octanol–water partition coefficient (Wildman–Crippen LogP) is 4.59. The highest BCUT2D eigenvalue weighted by molar-refractivity contribution is 9.09. The number of aromatic nitrogens is 1. The Morgan fingerprint density at radius 3 is 2.76 bits per heavy atom. The number of benzene rings is 1. The summed E-state index contributed by atoms with van der Waals surface area (Å²) in [6, 6.07) is 7.89. The molecule has 1 unspecified atom stereocenters. The fourth-order valence-corrected chi connectivity index (χ4v) is 3.96. The Morgan fingerprint density at radius 1 is 1.35 bits per heavy atom. The predicted molar refractivity (Wildman–Crippen MR) is 76.9 cm³/mol. The number of alkyl halides is 1. The summed E-state index contributed by atoms with van der Waals surface area (Å²) in [6.45, 7) is 4.50. The van der Waals surface area contributed by atoms with Gasteiger partial charge in [-0.25, -0.2) is 4.98 Å². The van der Waals surface area contributed by atoms with E-state index in [9.17, 15) is 0 Å². The maximum atomic E-state index is 5.68. The molecule has 0 aliphatic carbocycles. The molecule has 1 aromatic heterocycles. The average Bonchev–Trinajstić information content (AvgIpc) is 2.71. The third-order valence-electron chi connectivity index (χ3n) is 2.84. The zero-order valence-corrected chi connectivity index (χ0v) is 12.4. The Hall–Kier alpha value is -0.480. The summed E-state index contributed by atoms with van der Waals surface area (Å²) in [6.07, 6.45) is 0. The number of thioether (sulfide) groups is 1. The Morgan fingerprint density at radius 2 is 2.12 bits per heavy atom. The minimum atomic E-state index is 0.648. The van der Waals surface area contributed by atoms with Crippen molar-refractivity contribution in [3.05, 3.63) is 24.3 Å². The highest BCUT2D eigenvalue weighted by atomic mass is 79.9. The summed E-state index contributed by atoms with van der Waals surface area (Å²) in [5, 5.41) is 1.80. The van der Waals surface area contributed by atoms with Crippen LogP contribution in [0.15, 0.2) is 33.9 Å². The van der Waals surface area contributed by atoms with E-state index in [1.165, 1.54) is 0 Å². The maximum Gasteiger partial charge on any atom is 0.256 e. The third-order valence-corrected chi connectivity index (χ3v) is 4.68.